The first-order valence-electron chi connectivity index (χ1n) is 15.2. The summed E-state index contributed by atoms with van der Waals surface area (Å²) < 4.78 is 33.2. The summed E-state index contributed by atoms with van der Waals surface area (Å²) in [5.74, 6) is -2.93. The van der Waals surface area contributed by atoms with Crippen molar-refractivity contribution in [2.24, 2.45) is 28.6 Å². The smallest absolute Gasteiger partial charge is 0.339 e. The van der Waals surface area contributed by atoms with Crippen LogP contribution >= 0.6 is 11.8 Å². The van der Waals surface area contributed by atoms with Gasteiger partial charge in [0.1, 0.15) is 11.9 Å². The molecule has 0 amide bonds. The Balaban J connectivity index is 1.21. The van der Waals surface area contributed by atoms with E-state index in [9.17, 15) is 24.9 Å². The molecular weight excluding hydrogens is 600 g/mol. The van der Waals surface area contributed by atoms with Crippen molar-refractivity contribution in [3.8, 4) is 0 Å². The number of carboxylic acid groups (broad SMARTS) is 1. The number of ketones is 1. The number of hydrogen-bond acceptors (Lipinski definition) is 7. The van der Waals surface area contributed by atoms with Gasteiger partial charge in [-0.3, -0.25) is 9.63 Å². The molecule has 1 aromatic rings. The highest BCUT2D eigenvalue weighted by Crippen LogP contribution is 2.72. The number of carbonyl (C=O) groups is 2. The number of thioether (sulfide) groups is 1. The van der Waals surface area contributed by atoms with E-state index in [1.165, 1.54) is 30.0 Å². The molecule has 240 valence electrons. The maximum absolute atomic E-state index is 17.5. The fourth-order valence-corrected chi connectivity index (χ4v) is 9.84. The van der Waals surface area contributed by atoms with Gasteiger partial charge in [-0.05, 0) is 73.1 Å². The van der Waals surface area contributed by atoms with E-state index in [1.807, 2.05) is 24.3 Å². The van der Waals surface area contributed by atoms with Crippen molar-refractivity contribution in [2.75, 3.05) is 6.54 Å². The Kier molecular flexibility index (Phi) is 7.83. The number of alkyl halides is 2. The van der Waals surface area contributed by atoms with Crippen molar-refractivity contribution in [2.45, 2.75) is 69.0 Å². The minimum atomic E-state index is -2.27. The lowest BCUT2D eigenvalue weighted by atomic mass is 9.44. The largest absolute Gasteiger partial charge is 0.509 e. The molecule has 9 atom stereocenters. The summed E-state index contributed by atoms with van der Waals surface area (Å²) in [4.78, 5) is 32.4. The quantitative estimate of drug-likeness (QED) is 0.229. The Bertz CT molecular complexity index is 1540. The summed E-state index contributed by atoms with van der Waals surface area (Å²) in [7, 11) is 0. The van der Waals surface area contributed by atoms with Gasteiger partial charge < -0.3 is 15.3 Å². The molecule has 1 aromatic carbocycles. The van der Waals surface area contributed by atoms with Crippen LogP contribution in [-0.2, 0) is 26.7 Å². The van der Waals surface area contributed by atoms with Crippen molar-refractivity contribution < 1.29 is 38.5 Å². The second-order valence-corrected chi connectivity index (χ2v) is 14.7. The highest BCUT2D eigenvalue weighted by Gasteiger charge is 2.80. The fourth-order valence-electron chi connectivity index (χ4n) is 9.13. The van der Waals surface area contributed by atoms with E-state index in [0.29, 0.717) is 25.3 Å². The summed E-state index contributed by atoms with van der Waals surface area (Å²) in [5, 5.41) is 33.2. The molecule has 0 aromatic heterocycles. The predicted octanol–water partition coefficient (Wildman–Crippen LogP) is 6.18. The minimum absolute atomic E-state index is 0.0397. The van der Waals surface area contributed by atoms with Gasteiger partial charge in [-0.15, -0.1) is 11.8 Å². The Morgan fingerprint density at radius 3 is 2.49 bits per heavy atom. The van der Waals surface area contributed by atoms with Gasteiger partial charge in [-0.25, -0.2) is 13.6 Å². The van der Waals surface area contributed by atoms with Gasteiger partial charge in [0, 0.05) is 46.4 Å². The van der Waals surface area contributed by atoms with E-state index < -0.39 is 63.9 Å². The number of aliphatic carboxylic acids is 1. The number of benzene rings is 1. The number of aliphatic hydroxyl groups excluding tert-OH is 2. The maximum Gasteiger partial charge on any atom is 0.339 e. The Morgan fingerprint density at radius 1 is 1.13 bits per heavy atom. The molecule has 0 bridgehead atoms. The number of carbonyl (C=O) groups excluding carboxylic acids is 1. The number of carboxylic acids is 1. The summed E-state index contributed by atoms with van der Waals surface area (Å²) in [5.41, 5.74) is -4.62. The standard InChI is InChI=1S/C35H39F2NO6S/c1-20(39)5-6-21(2)45-19-23-9-7-22(8-10-23)17-38-18-24-13-26-27-15-29(36)28-14-25(40)11-12-32(28,3)34(27,37)30(41)16-33(26,4)35(24,44-38)31(42)43/h5-12,14,24,26-27,29-30,39,41H,1-2,13,15-19H2,3-4H3,(H,42,43)/b6-5-/t24-,26-,27-,29-,30-,32-,33-,34-,35-/m0/s1. The summed E-state index contributed by atoms with van der Waals surface area (Å²) in [6.07, 6.45) is 3.72. The van der Waals surface area contributed by atoms with Gasteiger partial charge >= 0.3 is 5.97 Å². The lowest BCUT2D eigenvalue weighted by Gasteiger charge is -2.63. The fraction of sp³-hybridized carbons (Fsp3) is 0.486. The van der Waals surface area contributed by atoms with E-state index in [1.54, 1.807) is 25.0 Å². The molecule has 3 saturated carbocycles. The second kappa shape index (κ2) is 11.0. The molecule has 0 radical (unpaired) electrons. The third-order valence-corrected chi connectivity index (χ3v) is 12.2. The van der Waals surface area contributed by atoms with Crippen LogP contribution in [0, 0.1) is 28.6 Å². The van der Waals surface area contributed by atoms with Crippen LogP contribution in [0.2, 0.25) is 0 Å². The Labute approximate surface area is 266 Å². The molecule has 1 heterocycles. The number of hydrogen-bond donors (Lipinski definition) is 3. The molecule has 10 heteroatoms. The summed E-state index contributed by atoms with van der Waals surface area (Å²) in [6, 6.07) is 7.88. The van der Waals surface area contributed by atoms with Gasteiger partial charge in [0.25, 0.3) is 0 Å². The first kappa shape index (κ1) is 31.9. The van der Waals surface area contributed by atoms with E-state index >= 15 is 8.78 Å². The van der Waals surface area contributed by atoms with Crippen LogP contribution in [0.15, 0.2) is 84.0 Å². The van der Waals surface area contributed by atoms with Crippen LogP contribution < -0.4 is 0 Å². The van der Waals surface area contributed by atoms with Crippen LogP contribution in [0.4, 0.5) is 8.78 Å². The number of halogens is 2. The molecule has 7 nitrogen and oxygen atoms in total. The van der Waals surface area contributed by atoms with E-state index in [0.717, 1.165) is 22.1 Å². The monoisotopic (exact) mass is 639 g/mol. The zero-order valence-electron chi connectivity index (χ0n) is 25.4. The van der Waals surface area contributed by atoms with E-state index in [2.05, 4.69) is 13.2 Å². The molecule has 4 fully saturated rings. The number of nitrogens with zero attached hydrogens (tertiary/aromatic N) is 1. The molecule has 1 aliphatic heterocycles. The molecule has 1 saturated heterocycles. The highest BCUT2D eigenvalue weighted by atomic mass is 32.2. The Morgan fingerprint density at radius 2 is 1.82 bits per heavy atom. The summed E-state index contributed by atoms with van der Waals surface area (Å²) >= 11 is 1.52. The predicted molar refractivity (Wildman–Crippen MR) is 167 cm³/mol. The minimum Gasteiger partial charge on any atom is -0.509 e. The van der Waals surface area contributed by atoms with Crippen molar-refractivity contribution in [1.82, 2.24) is 5.06 Å². The molecule has 0 spiro atoms. The van der Waals surface area contributed by atoms with Crippen LogP contribution in [0.3, 0.4) is 0 Å². The van der Waals surface area contributed by atoms with Crippen LogP contribution in [0.25, 0.3) is 0 Å². The van der Waals surface area contributed by atoms with Gasteiger partial charge in [-0.1, -0.05) is 50.4 Å². The Hall–Kier alpha value is -3.05. The lowest BCUT2D eigenvalue weighted by Crippen LogP contribution is -2.70. The van der Waals surface area contributed by atoms with Crippen LogP contribution in [-0.4, -0.2) is 62.2 Å². The second-order valence-electron chi connectivity index (χ2n) is 13.6. The molecule has 4 aliphatic carbocycles. The average molecular weight is 640 g/mol. The molecule has 3 N–H and O–H groups in total. The first-order chi connectivity index (χ1) is 21.2. The van der Waals surface area contributed by atoms with Crippen molar-refractivity contribution >= 4 is 23.5 Å². The molecule has 5 aliphatic rings. The van der Waals surface area contributed by atoms with Gasteiger partial charge in [0.15, 0.2) is 17.1 Å². The molecule has 0 unspecified atom stereocenters. The topological polar surface area (TPSA) is 107 Å². The SMILES string of the molecule is C=C(O)/C=C\C(=C)SCc1ccc(CN2C[C@@H]3C[C@H]4[C@@H]5C[C@H](F)C6=CC(=O)C=C[C@]6(C)[C@@]5(F)[C@@H](O)C[C@]4(C)[C@]3(C(=O)O)O2)cc1. The van der Waals surface area contributed by atoms with Crippen LogP contribution in [0.5, 0.6) is 0 Å². The molecule has 45 heavy (non-hydrogen) atoms. The third-order valence-electron chi connectivity index (χ3n) is 11.3. The van der Waals surface area contributed by atoms with Gasteiger partial charge in [0.05, 0.1) is 6.10 Å². The summed E-state index contributed by atoms with van der Waals surface area (Å²) in [6.45, 7) is 11.3. The third kappa shape index (κ3) is 4.70. The zero-order valence-corrected chi connectivity index (χ0v) is 26.2. The number of fused-ring (bicyclic) bond motifs is 7. The van der Waals surface area contributed by atoms with Crippen molar-refractivity contribution in [1.29, 1.82) is 0 Å². The number of aliphatic hydroxyl groups is 2. The highest BCUT2D eigenvalue weighted by molar-refractivity contribution is 8.02. The number of rotatable bonds is 8. The number of hydroxylamine groups is 2. The van der Waals surface area contributed by atoms with Gasteiger partial charge in [-0.2, -0.15) is 5.06 Å². The van der Waals surface area contributed by atoms with Crippen molar-refractivity contribution in [3.63, 3.8) is 0 Å². The van der Waals surface area contributed by atoms with Crippen molar-refractivity contribution in [3.05, 3.63) is 95.2 Å². The van der Waals surface area contributed by atoms with E-state index in [-0.39, 0.29) is 24.2 Å². The normalized spacial score (nSPS) is 40.4. The maximum atomic E-state index is 17.5. The lowest BCUT2D eigenvalue weighted by molar-refractivity contribution is -0.275. The van der Waals surface area contributed by atoms with Crippen LogP contribution in [0.1, 0.15) is 44.2 Å². The van der Waals surface area contributed by atoms with Gasteiger partial charge in [0.2, 0.25) is 0 Å². The van der Waals surface area contributed by atoms with E-state index in [4.69, 9.17) is 4.84 Å². The number of allylic oxidation sites excluding steroid dienone is 6. The first-order valence-corrected chi connectivity index (χ1v) is 16.2. The molecular formula is C35H39F2NO6S. The zero-order chi connectivity index (χ0) is 32.5. The molecule has 6 rings (SSSR count). The average Bonchev–Trinajstić information content (AvgIpc) is 3.46.